The number of hydrogen-bond donors (Lipinski definition) is 4. The molecule has 0 bridgehead atoms. The molecule has 0 spiro atoms. The second-order valence-corrected chi connectivity index (χ2v) is 6.56. The van der Waals surface area contributed by atoms with Crippen molar-refractivity contribution in [3.05, 3.63) is 24.2 Å². The number of nitriles is 1. The predicted octanol–water partition coefficient (Wildman–Crippen LogP) is -1.72. The third-order valence-electron chi connectivity index (χ3n) is 4.86. The summed E-state index contributed by atoms with van der Waals surface area (Å²) in [7, 11) is 0. The van der Waals surface area contributed by atoms with E-state index in [2.05, 4.69) is 15.4 Å². The highest BCUT2D eigenvalue weighted by Crippen LogP contribution is 2.40. The van der Waals surface area contributed by atoms with Crippen molar-refractivity contribution in [2.45, 2.75) is 30.0 Å². The standard InChI is InChI=1S/C16H18N6O6/c17-6-16(11-2-1-9-14(18)20-7-21-22(9)11)13(24)12(23)10(28-16)5-26-15(25)27-8-3-19-4-8/h1-2,7-8,10,12-13,19,23-24H,3-5H2,(H2,18,20,21)/t10-,12-,13-,16+/m1/s1. The van der Waals surface area contributed by atoms with Crippen molar-refractivity contribution < 1.29 is 29.2 Å². The first-order valence-corrected chi connectivity index (χ1v) is 8.54. The summed E-state index contributed by atoms with van der Waals surface area (Å²) in [6, 6.07) is 4.98. The third-order valence-corrected chi connectivity index (χ3v) is 4.86. The van der Waals surface area contributed by atoms with Gasteiger partial charge in [0, 0.05) is 13.1 Å². The van der Waals surface area contributed by atoms with Crippen LogP contribution in [0.15, 0.2) is 18.5 Å². The average molecular weight is 390 g/mol. The number of hydrogen-bond acceptors (Lipinski definition) is 11. The van der Waals surface area contributed by atoms with E-state index in [4.69, 9.17) is 19.9 Å². The lowest BCUT2D eigenvalue weighted by Crippen LogP contribution is -2.49. The summed E-state index contributed by atoms with van der Waals surface area (Å²) in [5, 5.41) is 37.7. The van der Waals surface area contributed by atoms with Crippen molar-refractivity contribution in [3.8, 4) is 6.07 Å². The molecular weight excluding hydrogens is 372 g/mol. The Bertz CT molecular complexity index is 939. The van der Waals surface area contributed by atoms with Crippen molar-refractivity contribution in [3.63, 3.8) is 0 Å². The van der Waals surface area contributed by atoms with Gasteiger partial charge in [0.05, 0.1) is 5.69 Å². The van der Waals surface area contributed by atoms with E-state index < -0.39 is 36.7 Å². The Labute approximate surface area is 158 Å². The average Bonchev–Trinajstić information content (AvgIpc) is 3.19. The second-order valence-electron chi connectivity index (χ2n) is 6.56. The summed E-state index contributed by atoms with van der Waals surface area (Å²) in [5.41, 5.74) is 4.43. The Morgan fingerprint density at radius 3 is 2.96 bits per heavy atom. The Morgan fingerprint density at radius 2 is 2.29 bits per heavy atom. The van der Waals surface area contributed by atoms with Crippen LogP contribution in [-0.4, -0.2) is 75.1 Å². The largest absolute Gasteiger partial charge is 0.508 e. The molecule has 5 N–H and O–H groups in total. The summed E-state index contributed by atoms with van der Waals surface area (Å²) < 4.78 is 17.0. The molecule has 2 aliphatic heterocycles. The number of aliphatic hydroxyl groups excluding tert-OH is 2. The fourth-order valence-electron chi connectivity index (χ4n) is 3.22. The molecule has 148 valence electrons. The molecule has 0 aliphatic carbocycles. The van der Waals surface area contributed by atoms with Gasteiger partial charge in [-0.15, -0.1) is 0 Å². The summed E-state index contributed by atoms with van der Waals surface area (Å²) in [5.74, 6) is 0.176. The van der Waals surface area contributed by atoms with Gasteiger partial charge in [0.2, 0.25) is 5.60 Å². The van der Waals surface area contributed by atoms with Gasteiger partial charge in [-0.05, 0) is 12.1 Å². The van der Waals surface area contributed by atoms with E-state index in [-0.39, 0.29) is 17.6 Å². The number of nitrogen functional groups attached to an aromatic ring is 1. The molecule has 4 rings (SSSR count). The van der Waals surface area contributed by atoms with Crippen LogP contribution >= 0.6 is 0 Å². The number of aliphatic hydroxyl groups is 2. The monoisotopic (exact) mass is 390 g/mol. The molecule has 4 atom stereocenters. The van der Waals surface area contributed by atoms with Gasteiger partial charge in [0.25, 0.3) is 0 Å². The van der Waals surface area contributed by atoms with Gasteiger partial charge >= 0.3 is 6.16 Å². The molecule has 12 heteroatoms. The van der Waals surface area contributed by atoms with Crippen molar-refractivity contribution in [2.24, 2.45) is 0 Å². The minimum atomic E-state index is -1.94. The highest BCUT2D eigenvalue weighted by molar-refractivity contribution is 5.66. The topological polar surface area (TPSA) is 177 Å². The van der Waals surface area contributed by atoms with Crippen LogP contribution in [0.3, 0.4) is 0 Å². The number of fused-ring (bicyclic) bond motifs is 1. The Hall–Kier alpha value is -2.98. The van der Waals surface area contributed by atoms with Gasteiger partial charge in [0.15, 0.2) is 5.82 Å². The number of carbonyl (C=O) groups is 1. The summed E-state index contributed by atoms with van der Waals surface area (Å²) >= 11 is 0. The normalized spacial score (nSPS) is 30.0. The molecule has 28 heavy (non-hydrogen) atoms. The minimum Gasteiger partial charge on any atom is -0.431 e. The zero-order valence-corrected chi connectivity index (χ0v) is 14.6. The van der Waals surface area contributed by atoms with Crippen molar-refractivity contribution in [1.82, 2.24) is 19.9 Å². The molecule has 2 aromatic rings. The van der Waals surface area contributed by atoms with Gasteiger partial charge in [-0.1, -0.05) is 0 Å². The molecule has 0 saturated carbocycles. The molecule has 2 aliphatic rings. The molecule has 0 aromatic carbocycles. The number of nitrogens with two attached hydrogens (primary N) is 1. The lowest BCUT2D eigenvalue weighted by molar-refractivity contribution is -0.0764. The van der Waals surface area contributed by atoms with Crippen LogP contribution < -0.4 is 11.1 Å². The van der Waals surface area contributed by atoms with Crippen LogP contribution in [0.25, 0.3) is 5.52 Å². The molecule has 0 radical (unpaired) electrons. The van der Waals surface area contributed by atoms with E-state index in [1.165, 1.54) is 16.9 Å². The molecule has 4 heterocycles. The summed E-state index contributed by atoms with van der Waals surface area (Å²) in [6.07, 6.45) is -4.23. The van der Waals surface area contributed by atoms with Gasteiger partial charge in [-0.2, -0.15) is 10.4 Å². The molecular formula is C16H18N6O6. The van der Waals surface area contributed by atoms with E-state index in [9.17, 15) is 20.3 Å². The van der Waals surface area contributed by atoms with Crippen LogP contribution in [0.5, 0.6) is 0 Å². The lowest BCUT2D eigenvalue weighted by atomic mass is 9.92. The number of nitrogens with one attached hydrogen (secondary N) is 1. The Morgan fingerprint density at radius 1 is 1.50 bits per heavy atom. The third kappa shape index (κ3) is 2.81. The molecule has 0 unspecified atom stereocenters. The quantitative estimate of drug-likeness (QED) is 0.436. The first kappa shape index (κ1) is 18.4. The Kier molecular flexibility index (Phi) is 4.52. The van der Waals surface area contributed by atoms with Crippen LogP contribution in [0.1, 0.15) is 5.69 Å². The highest BCUT2D eigenvalue weighted by Gasteiger charge is 2.57. The fraction of sp³-hybridized carbons (Fsp3) is 0.500. The smallest absolute Gasteiger partial charge is 0.431 e. The van der Waals surface area contributed by atoms with E-state index in [0.29, 0.717) is 18.6 Å². The maximum atomic E-state index is 11.7. The molecule has 12 nitrogen and oxygen atoms in total. The summed E-state index contributed by atoms with van der Waals surface area (Å²) in [6.45, 7) is 0.682. The zero-order chi connectivity index (χ0) is 19.9. The van der Waals surface area contributed by atoms with Gasteiger partial charge < -0.3 is 35.5 Å². The lowest BCUT2D eigenvalue weighted by Gasteiger charge is -2.26. The number of anilines is 1. The van der Waals surface area contributed by atoms with Crippen LogP contribution in [0.4, 0.5) is 10.6 Å². The highest BCUT2D eigenvalue weighted by atomic mass is 16.7. The van der Waals surface area contributed by atoms with Crippen LogP contribution in [0, 0.1) is 11.3 Å². The Balaban J connectivity index is 1.55. The number of rotatable bonds is 4. The fourth-order valence-corrected chi connectivity index (χ4v) is 3.22. The maximum Gasteiger partial charge on any atom is 0.508 e. The SMILES string of the molecule is N#C[C@@]1(c2ccc3c(N)ncnn23)O[C@H](COC(=O)OC2CNC2)[C@@H](O)[C@H]1O. The second kappa shape index (κ2) is 6.88. The van der Waals surface area contributed by atoms with Gasteiger partial charge in [0.1, 0.15) is 48.9 Å². The van der Waals surface area contributed by atoms with E-state index in [1.807, 2.05) is 6.07 Å². The summed E-state index contributed by atoms with van der Waals surface area (Å²) in [4.78, 5) is 15.6. The van der Waals surface area contributed by atoms with Crippen LogP contribution in [-0.2, 0) is 19.8 Å². The predicted molar refractivity (Wildman–Crippen MR) is 90.7 cm³/mol. The van der Waals surface area contributed by atoms with Crippen molar-refractivity contribution in [2.75, 3.05) is 25.4 Å². The van der Waals surface area contributed by atoms with E-state index in [0.717, 1.165) is 0 Å². The number of aromatic nitrogens is 3. The van der Waals surface area contributed by atoms with Crippen molar-refractivity contribution >= 4 is 17.5 Å². The number of nitrogens with zero attached hydrogens (tertiary/aromatic N) is 4. The van der Waals surface area contributed by atoms with E-state index >= 15 is 0 Å². The number of ether oxygens (including phenoxy) is 3. The number of carbonyl (C=O) groups excluding carboxylic acids is 1. The zero-order valence-electron chi connectivity index (χ0n) is 14.6. The molecule has 2 aromatic heterocycles. The molecule has 2 fully saturated rings. The van der Waals surface area contributed by atoms with Crippen LogP contribution in [0.2, 0.25) is 0 Å². The maximum absolute atomic E-state index is 11.7. The van der Waals surface area contributed by atoms with E-state index in [1.54, 1.807) is 6.07 Å². The van der Waals surface area contributed by atoms with Gasteiger partial charge in [-0.3, -0.25) is 0 Å². The molecule has 0 amide bonds. The first-order valence-electron chi connectivity index (χ1n) is 8.54. The van der Waals surface area contributed by atoms with Gasteiger partial charge in [-0.25, -0.2) is 14.3 Å². The first-order chi connectivity index (χ1) is 13.5. The van der Waals surface area contributed by atoms with Crippen molar-refractivity contribution in [1.29, 1.82) is 5.26 Å². The molecule has 2 saturated heterocycles. The minimum absolute atomic E-state index is 0.163.